The molecule has 4 aromatic rings. The first-order valence-electron chi connectivity index (χ1n) is 10.4. The molecule has 0 fully saturated rings. The highest BCUT2D eigenvalue weighted by atomic mass is 127. The second kappa shape index (κ2) is 12.1. The minimum atomic E-state index is -0.154. The lowest BCUT2D eigenvalue weighted by Gasteiger charge is -2.17. The van der Waals surface area contributed by atoms with Gasteiger partial charge in [0, 0.05) is 3.57 Å². The Kier molecular flexibility index (Phi) is 9.23. The third-order valence-electron chi connectivity index (χ3n) is 4.78. The third kappa shape index (κ3) is 6.79. The van der Waals surface area contributed by atoms with Crippen molar-refractivity contribution in [2.75, 3.05) is 6.61 Å². The van der Waals surface area contributed by atoms with Crippen molar-refractivity contribution in [1.29, 1.82) is 0 Å². The number of ether oxygens (including phenoxy) is 2. The van der Waals surface area contributed by atoms with Gasteiger partial charge in [-0.25, -0.2) is 0 Å². The topological polar surface area (TPSA) is 18.5 Å². The second-order valence-electron chi connectivity index (χ2n) is 7.34. The molecule has 168 valence electrons. The summed E-state index contributed by atoms with van der Waals surface area (Å²) in [7, 11) is -0.154. The van der Waals surface area contributed by atoms with E-state index in [1.165, 1.54) is 18.3 Å². The molecule has 0 saturated heterocycles. The molecule has 0 saturated carbocycles. The van der Waals surface area contributed by atoms with E-state index in [1.54, 1.807) is 0 Å². The van der Waals surface area contributed by atoms with Gasteiger partial charge in [0.1, 0.15) is 24.2 Å². The molecule has 0 bridgehead atoms. The van der Waals surface area contributed by atoms with Crippen LogP contribution in [0.5, 0.6) is 11.5 Å². The van der Waals surface area contributed by atoms with Gasteiger partial charge in [-0.15, -0.1) is 0 Å². The largest absolute Gasteiger partial charge is 0.488 e. The summed E-state index contributed by atoms with van der Waals surface area (Å²) in [4.78, 5) is 3.88. The molecule has 1 atom stereocenters. The van der Waals surface area contributed by atoms with Crippen LogP contribution in [-0.4, -0.2) is 12.7 Å². The van der Waals surface area contributed by atoms with Crippen LogP contribution in [0.15, 0.2) is 112 Å². The Balaban J connectivity index is 1.46. The highest BCUT2D eigenvalue weighted by molar-refractivity contribution is 14.1. The average Bonchev–Trinajstić information content (AvgIpc) is 2.81. The van der Waals surface area contributed by atoms with Gasteiger partial charge in [0.2, 0.25) is 0 Å². The predicted molar refractivity (Wildman–Crippen MR) is 162 cm³/mol. The van der Waals surface area contributed by atoms with Gasteiger partial charge < -0.3 is 9.47 Å². The van der Waals surface area contributed by atoms with Crippen LogP contribution in [0.4, 0.5) is 0 Å². The summed E-state index contributed by atoms with van der Waals surface area (Å²) in [5, 5.41) is 0. The normalized spacial score (nSPS) is 11.9. The monoisotopic (exact) mass is 791 g/mol. The van der Waals surface area contributed by atoms with Crippen molar-refractivity contribution in [1.82, 2.24) is 0 Å². The Morgan fingerprint density at radius 3 is 1.70 bits per heavy atom. The fraction of sp³-hybridized carbons (Fsp3) is 0.111. The van der Waals surface area contributed by atoms with Crippen LogP contribution in [-0.2, 0) is 10.9 Å². The first-order chi connectivity index (χ1) is 16.0. The number of benzene rings is 4. The summed E-state index contributed by atoms with van der Waals surface area (Å²) in [6, 6.07) is 34.1. The van der Waals surface area contributed by atoms with Crippen LogP contribution in [0.2, 0.25) is 0 Å². The van der Waals surface area contributed by atoms with Gasteiger partial charge in [-0.1, -0.05) is 36.4 Å². The van der Waals surface area contributed by atoms with E-state index in [1.807, 2.05) is 6.92 Å². The Bertz CT molecular complexity index is 1120. The lowest BCUT2D eigenvalue weighted by atomic mass is 10.3. The zero-order chi connectivity index (χ0) is 23.2. The summed E-state index contributed by atoms with van der Waals surface area (Å²) < 4.78 is 15.7. The minimum absolute atomic E-state index is 0.0665. The van der Waals surface area contributed by atoms with E-state index in [0.29, 0.717) is 6.61 Å². The first kappa shape index (κ1) is 25.1. The van der Waals surface area contributed by atoms with Crippen LogP contribution < -0.4 is 9.47 Å². The highest BCUT2D eigenvalue weighted by Crippen LogP contribution is 2.32. The lowest BCUT2D eigenvalue weighted by molar-refractivity contribution is 0.142. The molecule has 0 aliphatic carbocycles. The molecule has 4 aromatic carbocycles. The summed E-state index contributed by atoms with van der Waals surface area (Å²) in [6.07, 6.45) is -0.0665. The van der Waals surface area contributed by atoms with E-state index in [0.717, 1.165) is 18.6 Å². The molecule has 0 aliphatic heterocycles. The van der Waals surface area contributed by atoms with E-state index in [-0.39, 0.29) is 17.0 Å². The molecule has 0 radical (unpaired) electrons. The van der Waals surface area contributed by atoms with Gasteiger partial charge in [-0.3, -0.25) is 0 Å². The van der Waals surface area contributed by atoms with E-state index in [2.05, 4.69) is 165 Å². The fourth-order valence-corrected chi connectivity index (χ4v) is 9.29. The third-order valence-corrected chi connectivity index (χ3v) is 9.24. The van der Waals surface area contributed by atoms with Gasteiger partial charge in [0.25, 0.3) is 0 Å². The molecule has 0 aliphatic rings. The molecule has 2 nitrogen and oxygen atoms in total. The van der Waals surface area contributed by atoms with E-state index < -0.39 is 0 Å². The number of rotatable bonds is 8. The predicted octanol–water partition coefficient (Wildman–Crippen LogP) is 8.44. The Morgan fingerprint density at radius 1 is 0.697 bits per heavy atom. The summed E-state index contributed by atoms with van der Waals surface area (Å²) in [6.45, 7) is 2.53. The molecule has 4 rings (SSSR count). The Labute approximate surface area is 239 Å². The quantitative estimate of drug-likeness (QED) is 0.132. The van der Waals surface area contributed by atoms with Crippen molar-refractivity contribution in [2.24, 2.45) is 0 Å². The fourth-order valence-electron chi connectivity index (χ4n) is 3.31. The van der Waals surface area contributed by atoms with E-state index in [4.69, 9.17) is 9.47 Å². The number of hydrogen-bond acceptors (Lipinski definition) is 2. The molecule has 0 heterocycles. The number of hydrogen-bond donors (Lipinski definition) is 0. The van der Waals surface area contributed by atoms with Gasteiger partial charge in [-0.05, 0) is 135 Å². The van der Waals surface area contributed by atoms with Crippen molar-refractivity contribution >= 4 is 78.7 Å². The Morgan fingerprint density at radius 2 is 1.18 bits per heavy atom. The summed E-state index contributed by atoms with van der Waals surface area (Å²) >= 11 is 6.98. The SMILES string of the molecule is CC(COc1c(I)cc(I)cc1I)Oc1ccc([S+](c2ccccc2)c2ccccc2)cc1. The first-order valence-corrected chi connectivity index (χ1v) is 14.9. The van der Waals surface area contributed by atoms with Crippen LogP contribution in [0.1, 0.15) is 6.92 Å². The van der Waals surface area contributed by atoms with Gasteiger partial charge >= 0.3 is 0 Å². The zero-order valence-corrected chi connectivity index (χ0v) is 25.2. The molecule has 33 heavy (non-hydrogen) atoms. The molecular formula is C27H22I3O2S+. The van der Waals surface area contributed by atoms with Gasteiger partial charge in [0.05, 0.1) is 18.0 Å². The maximum Gasteiger partial charge on any atom is 0.166 e. The number of halogens is 3. The average molecular weight is 791 g/mol. The lowest BCUT2D eigenvalue weighted by Crippen LogP contribution is -2.21. The van der Waals surface area contributed by atoms with Crippen molar-refractivity contribution < 1.29 is 9.47 Å². The van der Waals surface area contributed by atoms with Gasteiger partial charge in [0.15, 0.2) is 14.7 Å². The van der Waals surface area contributed by atoms with Crippen molar-refractivity contribution in [3.63, 3.8) is 0 Å². The Hall–Kier alpha value is -0.980. The van der Waals surface area contributed by atoms with Crippen LogP contribution in [0.25, 0.3) is 0 Å². The maximum atomic E-state index is 6.16. The molecule has 0 spiro atoms. The van der Waals surface area contributed by atoms with Crippen LogP contribution in [0.3, 0.4) is 0 Å². The smallest absolute Gasteiger partial charge is 0.166 e. The highest BCUT2D eigenvalue weighted by Gasteiger charge is 2.28. The van der Waals surface area contributed by atoms with E-state index in [9.17, 15) is 0 Å². The molecule has 0 aromatic heterocycles. The summed E-state index contributed by atoms with van der Waals surface area (Å²) in [5.41, 5.74) is 0. The standard InChI is InChI=1S/C27H22I3O2S/c1-19(18-31-27-25(29)16-20(28)17-26(27)30)32-21-12-14-24(15-13-21)33(22-8-4-2-5-9-22)23-10-6-3-7-11-23/h2-17,19H,18H2,1H3/q+1. The van der Waals surface area contributed by atoms with E-state index >= 15 is 0 Å². The molecule has 0 N–H and O–H groups in total. The second-order valence-corrected chi connectivity index (χ2v) is 12.9. The molecule has 1 unspecified atom stereocenters. The minimum Gasteiger partial charge on any atom is -0.488 e. The molecule has 6 heteroatoms. The molecular weight excluding hydrogens is 769 g/mol. The van der Waals surface area contributed by atoms with Crippen molar-refractivity contribution in [3.8, 4) is 11.5 Å². The van der Waals surface area contributed by atoms with Crippen molar-refractivity contribution in [2.45, 2.75) is 27.7 Å². The summed E-state index contributed by atoms with van der Waals surface area (Å²) in [5.74, 6) is 1.78. The van der Waals surface area contributed by atoms with Crippen molar-refractivity contribution in [3.05, 3.63) is 108 Å². The van der Waals surface area contributed by atoms with Crippen LogP contribution >= 0.6 is 67.8 Å². The van der Waals surface area contributed by atoms with Gasteiger partial charge in [-0.2, -0.15) is 0 Å². The van der Waals surface area contributed by atoms with Crippen LogP contribution in [0, 0.1) is 10.7 Å². The molecule has 0 amide bonds. The zero-order valence-electron chi connectivity index (χ0n) is 17.9. The maximum absolute atomic E-state index is 6.16.